The van der Waals surface area contributed by atoms with Crippen molar-refractivity contribution in [1.29, 1.82) is 0 Å². The lowest BCUT2D eigenvalue weighted by molar-refractivity contribution is 0.133. The number of amides is 2. The van der Waals surface area contributed by atoms with E-state index in [4.69, 9.17) is 4.52 Å². The first kappa shape index (κ1) is 15.7. The Morgan fingerprint density at radius 2 is 2.04 bits per heavy atom. The number of nitrogens with one attached hydrogen (secondary N) is 2. The molecule has 0 unspecified atom stereocenters. The van der Waals surface area contributed by atoms with Crippen LogP contribution >= 0.6 is 0 Å². The minimum atomic E-state index is -0.0141. The van der Waals surface area contributed by atoms with Crippen LogP contribution in [0.15, 0.2) is 47.2 Å². The molecule has 7 nitrogen and oxygen atoms in total. The van der Waals surface area contributed by atoms with E-state index in [-0.39, 0.29) is 6.03 Å². The van der Waals surface area contributed by atoms with Crippen molar-refractivity contribution in [2.24, 2.45) is 0 Å². The molecule has 0 aliphatic carbocycles. The third kappa shape index (κ3) is 3.66. The summed E-state index contributed by atoms with van der Waals surface area (Å²) in [7, 11) is 0. The summed E-state index contributed by atoms with van der Waals surface area (Å²) in [6.45, 7) is 4.39. The summed E-state index contributed by atoms with van der Waals surface area (Å²) < 4.78 is 4.86. The lowest BCUT2D eigenvalue weighted by Crippen LogP contribution is -2.51. The number of aromatic amines is 1. The number of carbonyl (C=O) groups excluding carboxylic acids is 1. The van der Waals surface area contributed by atoms with E-state index in [2.05, 4.69) is 32.5 Å². The summed E-state index contributed by atoms with van der Waals surface area (Å²) >= 11 is 0. The van der Waals surface area contributed by atoms with E-state index in [0.717, 1.165) is 55.0 Å². The van der Waals surface area contributed by atoms with Gasteiger partial charge in [0.25, 0.3) is 0 Å². The fourth-order valence-electron chi connectivity index (χ4n) is 3.17. The number of hydrogen-bond acceptors (Lipinski definition) is 4. The Kier molecular flexibility index (Phi) is 4.39. The highest BCUT2D eigenvalue weighted by Crippen LogP contribution is 2.14. The minimum Gasteiger partial charge on any atom is -0.364 e. The molecule has 0 radical (unpaired) electrons. The second-order valence-electron chi connectivity index (χ2n) is 6.29. The van der Waals surface area contributed by atoms with Gasteiger partial charge in [-0.3, -0.25) is 4.90 Å². The van der Waals surface area contributed by atoms with Crippen LogP contribution < -0.4 is 5.32 Å². The second-order valence-corrected chi connectivity index (χ2v) is 6.29. The van der Waals surface area contributed by atoms with E-state index in [0.29, 0.717) is 6.54 Å². The zero-order chi connectivity index (χ0) is 17.1. The van der Waals surface area contributed by atoms with Gasteiger partial charge in [0.05, 0.1) is 12.2 Å². The Morgan fingerprint density at radius 1 is 1.20 bits per heavy atom. The van der Waals surface area contributed by atoms with Gasteiger partial charge in [-0.2, -0.15) is 0 Å². The van der Waals surface area contributed by atoms with E-state index in [1.165, 1.54) is 0 Å². The number of rotatable bonds is 4. The lowest BCUT2D eigenvalue weighted by Gasteiger charge is -2.34. The summed E-state index contributed by atoms with van der Waals surface area (Å²) in [5.41, 5.74) is 3.03. The number of para-hydroxylation sites is 1. The van der Waals surface area contributed by atoms with E-state index in [9.17, 15) is 4.79 Å². The van der Waals surface area contributed by atoms with Crippen LogP contribution in [0.3, 0.4) is 0 Å². The largest absolute Gasteiger partial charge is 0.364 e. The van der Waals surface area contributed by atoms with Crippen LogP contribution in [0.4, 0.5) is 4.79 Å². The maximum Gasteiger partial charge on any atom is 0.317 e. The van der Waals surface area contributed by atoms with Crippen LogP contribution in [0.25, 0.3) is 10.9 Å². The molecule has 3 heterocycles. The van der Waals surface area contributed by atoms with Crippen LogP contribution in [-0.4, -0.2) is 52.2 Å². The molecule has 0 bridgehead atoms. The number of hydrogen-bond donors (Lipinski definition) is 2. The third-order valence-electron chi connectivity index (χ3n) is 4.55. The molecule has 4 rings (SSSR count). The van der Waals surface area contributed by atoms with E-state index in [1.54, 1.807) is 6.26 Å². The van der Waals surface area contributed by atoms with Crippen LogP contribution in [0.2, 0.25) is 0 Å². The molecule has 3 aromatic rings. The van der Waals surface area contributed by atoms with Crippen molar-refractivity contribution in [3.63, 3.8) is 0 Å². The van der Waals surface area contributed by atoms with Crippen molar-refractivity contribution >= 4 is 16.9 Å². The van der Waals surface area contributed by atoms with E-state index in [1.807, 2.05) is 29.2 Å². The Morgan fingerprint density at radius 3 is 2.80 bits per heavy atom. The highest BCUT2D eigenvalue weighted by atomic mass is 16.5. The molecule has 7 heteroatoms. The Hall–Kier alpha value is -2.80. The van der Waals surface area contributed by atoms with Crippen molar-refractivity contribution in [3.8, 4) is 0 Å². The molecule has 1 aliphatic rings. The first-order valence-electron chi connectivity index (χ1n) is 8.49. The normalized spacial score (nSPS) is 15.6. The van der Waals surface area contributed by atoms with Crippen LogP contribution in [0.5, 0.6) is 0 Å². The summed E-state index contributed by atoms with van der Waals surface area (Å²) in [4.78, 5) is 19.8. The second kappa shape index (κ2) is 6.98. The van der Waals surface area contributed by atoms with Gasteiger partial charge < -0.3 is 19.7 Å². The molecule has 2 aromatic heterocycles. The van der Waals surface area contributed by atoms with Gasteiger partial charge in [0.1, 0.15) is 6.26 Å². The van der Waals surface area contributed by atoms with Gasteiger partial charge in [0, 0.05) is 50.0 Å². The lowest BCUT2D eigenvalue weighted by atomic mass is 10.2. The van der Waals surface area contributed by atoms with Crippen LogP contribution in [0.1, 0.15) is 11.4 Å². The summed E-state index contributed by atoms with van der Waals surface area (Å²) in [5.74, 6) is 0. The molecule has 0 atom stereocenters. The Bertz CT molecular complexity index is 801. The van der Waals surface area contributed by atoms with E-state index < -0.39 is 0 Å². The molecule has 25 heavy (non-hydrogen) atoms. The van der Waals surface area contributed by atoms with Gasteiger partial charge in [0.15, 0.2) is 0 Å². The van der Waals surface area contributed by atoms with Gasteiger partial charge in [0.2, 0.25) is 0 Å². The molecule has 2 N–H and O–H groups in total. The van der Waals surface area contributed by atoms with Gasteiger partial charge in [-0.25, -0.2) is 4.79 Å². The number of fused-ring (bicyclic) bond motifs is 1. The Balaban J connectivity index is 1.26. The van der Waals surface area contributed by atoms with Crippen LogP contribution in [0, 0.1) is 0 Å². The molecule has 0 spiro atoms. The minimum absolute atomic E-state index is 0.0141. The fourth-order valence-corrected chi connectivity index (χ4v) is 3.17. The molecule has 130 valence electrons. The van der Waals surface area contributed by atoms with Gasteiger partial charge in [-0.15, -0.1) is 0 Å². The van der Waals surface area contributed by atoms with Crippen molar-refractivity contribution in [2.45, 2.75) is 13.1 Å². The molecular weight excluding hydrogens is 318 g/mol. The standard InChI is InChI=1S/C18H21N5O2/c24-18(19-12-16-11-14-3-1-2-4-17(14)20-16)23-8-6-22(7-9-23)13-15-5-10-25-21-15/h1-5,10-11,20H,6-9,12-13H2,(H,19,24). The van der Waals surface area contributed by atoms with E-state index >= 15 is 0 Å². The van der Waals surface area contributed by atoms with Crippen molar-refractivity contribution < 1.29 is 9.32 Å². The highest BCUT2D eigenvalue weighted by Gasteiger charge is 2.21. The molecule has 1 aliphatic heterocycles. The highest BCUT2D eigenvalue weighted by molar-refractivity contribution is 5.80. The van der Waals surface area contributed by atoms with Gasteiger partial charge >= 0.3 is 6.03 Å². The maximum absolute atomic E-state index is 12.4. The molecule has 2 amide bonds. The third-order valence-corrected chi connectivity index (χ3v) is 4.55. The number of benzene rings is 1. The van der Waals surface area contributed by atoms with Crippen LogP contribution in [-0.2, 0) is 13.1 Å². The number of urea groups is 1. The average molecular weight is 339 g/mol. The van der Waals surface area contributed by atoms with Crippen molar-refractivity contribution in [3.05, 3.63) is 54.0 Å². The zero-order valence-corrected chi connectivity index (χ0v) is 13.9. The van der Waals surface area contributed by atoms with Crippen molar-refractivity contribution in [1.82, 2.24) is 25.3 Å². The molecule has 1 saturated heterocycles. The van der Waals surface area contributed by atoms with Gasteiger partial charge in [-0.1, -0.05) is 23.4 Å². The number of nitrogens with zero attached hydrogens (tertiary/aromatic N) is 3. The smallest absolute Gasteiger partial charge is 0.317 e. The number of carbonyl (C=O) groups is 1. The average Bonchev–Trinajstić information content (AvgIpc) is 3.29. The Labute approximate surface area is 145 Å². The summed E-state index contributed by atoms with van der Waals surface area (Å²) in [5, 5.41) is 8.09. The number of H-pyrrole nitrogens is 1. The first-order valence-corrected chi connectivity index (χ1v) is 8.49. The molecule has 1 aromatic carbocycles. The summed E-state index contributed by atoms with van der Waals surface area (Å²) in [6, 6.07) is 12.0. The monoisotopic (exact) mass is 339 g/mol. The fraction of sp³-hybridized carbons (Fsp3) is 0.333. The molecule has 1 fully saturated rings. The zero-order valence-electron chi connectivity index (χ0n) is 13.9. The first-order chi connectivity index (χ1) is 12.3. The molecule has 0 saturated carbocycles. The molecular formula is C18H21N5O2. The quantitative estimate of drug-likeness (QED) is 0.764. The van der Waals surface area contributed by atoms with Crippen molar-refractivity contribution in [2.75, 3.05) is 26.2 Å². The number of aromatic nitrogens is 2. The predicted molar refractivity (Wildman–Crippen MR) is 93.9 cm³/mol. The number of piperazine rings is 1. The maximum atomic E-state index is 12.4. The van der Waals surface area contributed by atoms with Gasteiger partial charge in [-0.05, 0) is 17.5 Å². The topological polar surface area (TPSA) is 77.4 Å². The summed E-state index contributed by atoms with van der Waals surface area (Å²) in [6.07, 6.45) is 1.59. The predicted octanol–water partition coefficient (Wildman–Crippen LogP) is 2.18. The SMILES string of the molecule is O=C(NCc1cc2ccccc2[nH]1)N1CCN(Cc2ccon2)CC1.